The molecule has 4 heteroatoms. The normalized spacial score (nSPS) is 10.6. The smallest absolute Gasteiger partial charge is 0.119 e. The summed E-state index contributed by atoms with van der Waals surface area (Å²) in [6.07, 6.45) is 0.850. The summed E-state index contributed by atoms with van der Waals surface area (Å²) in [6, 6.07) is 8.08. The van der Waals surface area contributed by atoms with E-state index in [0.717, 1.165) is 28.4 Å². The van der Waals surface area contributed by atoms with Crippen molar-refractivity contribution in [2.75, 3.05) is 13.2 Å². The molecule has 0 bridgehead atoms. The number of ether oxygens (including phenoxy) is 1. The molecule has 0 unspecified atom stereocenters. The van der Waals surface area contributed by atoms with Gasteiger partial charge in [-0.1, -0.05) is 0 Å². The number of nitrogens with two attached hydrogens (primary N) is 1. The van der Waals surface area contributed by atoms with E-state index in [-0.39, 0.29) is 0 Å². The van der Waals surface area contributed by atoms with Gasteiger partial charge in [-0.15, -0.1) is 11.3 Å². The molecule has 0 spiro atoms. The van der Waals surface area contributed by atoms with Crippen LogP contribution in [0.3, 0.4) is 0 Å². The number of thiazole rings is 1. The molecule has 2 N–H and O–H groups in total. The van der Waals surface area contributed by atoms with Crippen LogP contribution in [0.4, 0.5) is 0 Å². The Kier molecular flexibility index (Phi) is 4.33. The zero-order valence-electron chi connectivity index (χ0n) is 10.8. The molecule has 2 rings (SSSR count). The number of aromatic nitrogens is 1. The van der Waals surface area contributed by atoms with Gasteiger partial charge < -0.3 is 10.5 Å². The fourth-order valence-electron chi connectivity index (χ4n) is 1.83. The van der Waals surface area contributed by atoms with Gasteiger partial charge in [-0.25, -0.2) is 4.98 Å². The van der Waals surface area contributed by atoms with Crippen molar-refractivity contribution in [3.8, 4) is 17.0 Å². The molecule has 1 aromatic heterocycles. The maximum atomic E-state index is 5.56. The van der Waals surface area contributed by atoms with Gasteiger partial charge in [0.15, 0.2) is 0 Å². The van der Waals surface area contributed by atoms with Gasteiger partial charge in [0.2, 0.25) is 0 Å². The van der Waals surface area contributed by atoms with Crippen LogP contribution in [-0.4, -0.2) is 18.1 Å². The van der Waals surface area contributed by atoms with Gasteiger partial charge in [0.25, 0.3) is 0 Å². The van der Waals surface area contributed by atoms with Crippen LogP contribution >= 0.6 is 11.3 Å². The van der Waals surface area contributed by atoms with Crippen LogP contribution in [0.1, 0.15) is 16.8 Å². The predicted octanol–water partition coefficient (Wildman–Crippen LogP) is 3.02. The van der Waals surface area contributed by atoms with E-state index in [4.69, 9.17) is 10.5 Å². The molecule has 1 heterocycles. The van der Waals surface area contributed by atoms with Gasteiger partial charge in [0.05, 0.1) is 17.3 Å². The van der Waals surface area contributed by atoms with Crippen LogP contribution in [0.25, 0.3) is 11.3 Å². The molecule has 1 aromatic carbocycles. The summed E-state index contributed by atoms with van der Waals surface area (Å²) in [5, 5.41) is 1.11. The number of aryl methyl sites for hydroxylation is 1. The van der Waals surface area contributed by atoms with Crippen molar-refractivity contribution in [3.05, 3.63) is 34.2 Å². The quantitative estimate of drug-likeness (QED) is 0.901. The van der Waals surface area contributed by atoms with Crippen molar-refractivity contribution in [2.45, 2.75) is 20.3 Å². The minimum Gasteiger partial charge on any atom is -0.494 e. The van der Waals surface area contributed by atoms with E-state index in [9.17, 15) is 0 Å². The van der Waals surface area contributed by atoms with E-state index in [0.29, 0.717) is 13.2 Å². The number of hydrogen-bond donors (Lipinski definition) is 1. The van der Waals surface area contributed by atoms with Crippen LogP contribution < -0.4 is 10.5 Å². The molecule has 3 nitrogen and oxygen atoms in total. The molecule has 0 atom stereocenters. The fourth-order valence-corrected chi connectivity index (χ4v) is 2.80. The van der Waals surface area contributed by atoms with Crippen LogP contribution in [0, 0.1) is 6.92 Å². The SMILES string of the molecule is CCOc1ccc(-c2nc(CCN)sc2C)cc1. The molecule has 0 radical (unpaired) electrons. The van der Waals surface area contributed by atoms with E-state index >= 15 is 0 Å². The third kappa shape index (κ3) is 2.89. The van der Waals surface area contributed by atoms with Crippen molar-refractivity contribution >= 4 is 11.3 Å². The minimum atomic E-state index is 0.648. The Labute approximate surface area is 112 Å². The zero-order chi connectivity index (χ0) is 13.0. The molecule has 0 aliphatic heterocycles. The molecule has 96 valence electrons. The highest BCUT2D eigenvalue weighted by Gasteiger charge is 2.09. The Morgan fingerprint density at radius 3 is 2.61 bits per heavy atom. The average molecular weight is 262 g/mol. The highest BCUT2D eigenvalue weighted by Crippen LogP contribution is 2.28. The molecule has 2 aromatic rings. The topological polar surface area (TPSA) is 48.1 Å². The molecule has 0 amide bonds. The first-order valence-electron chi connectivity index (χ1n) is 6.14. The highest BCUT2D eigenvalue weighted by molar-refractivity contribution is 7.12. The van der Waals surface area contributed by atoms with Gasteiger partial charge in [-0.3, -0.25) is 0 Å². The lowest BCUT2D eigenvalue weighted by Crippen LogP contribution is -2.01. The van der Waals surface area contributed by atoms with E-state index < -0.39 is 0 Å². The van der Waals surface area contributed by atoms with E-state index in [1.165, 1.54) is 4.88 Å². The molecule has 0 saturated carbocycles. The first-order valence-corrected chi connectivity index (χ1v) is 6.96. The minimum absolute atomic E-state index is 0.648. The lowest BCUT2D eigenvalue weighted by molar-refractivity contribution is 0.340. The number of hydrogen-bond acceptors (Lipinski definition) is 4. The van der Waals surface area contributed by atoms with Gasteiger partial charge in [-0.2, -0.15) is 0 Å². The van der Waals surface area contributed by atoms with Crippen LogP contribution in [-0.2, 0) is 6.42 Å². The van der Waals surface area contributed by atoms with E-state index in [1.54, 1.807) is 11.3 Å². The maximum absolute atomic E-state index is 5.56. The number of rotatable bonds is 5. The third-order valence-electron chi connectivity index (χ3n) is 2.64. The summed E-state index contributed by atoms with van der Waals surface area (Å²) in [5.41, 5.74) is 7.76. The van der Waals surface area contributed by atoms with Crippen molar-refractivity contribution < 1.29 is 4.74 Å². The summed E-state index contributed by atoms with van der Waals surface area (Å²) in [4.78, 5) is 5.88. The van der Waals surface area contributed by atoms with Crippen molar-refractivity contribution in [2.24, 2.45) is 5.73 Å². The van der Waals surface area contributed by atoms with E-state index in [2.05, 4.69) is 24.0 Å². The second-order valence-corrected chi connectivity index (χ2v) is 5.30. The van der Waals surface area contributed by atoms with E-state index in [1.807, 2.05) is 19.1 Å². The van der Waals surface area contributed by atoms with Crippen molar-refractivity contribution in [3.63, 3.8) is 0 Å². The van der Waals surface area contributed by atoms with Gasteiger partial charge in [0.1, 0.15) is 5.75 Å². The molecular formula is C14H18N2OS. The van der Waals surface area contributed by atoms with Crippen LogP contribution in [0.15, 0.2) is 24.3 Å². The first kappa shape index (κ1) is 13.1. The Morgan fingerprint density at radius 1 is 1.28 bits per heavy atom. The van der Waals surface area contributed by atoms with Crippen molar-refractivity contribution in [1.82, 2.24) is 4.98 Å². The van der Waals surface area contributed by atoms with Crippen molar-refractivity contribution in [1.29, 1.82) is 0 Å². The average Bonchev–Trinajstić information content (AvgIpc) is 2.72. The molecular weight excluding hydrogens is 244 g/mol. The summed E-state index contributed by atoms with van der Waals surface area (Å²) < 4.78 is 5.44. The van der Waals surface area contributed by atoms with Gasteiger partial charge in [-0.05, 0) is 44.7 Å². The lowest BCUT2D eigenvalue weighted by Gasteiger charge is -2.03. The van der Waals surface area contributed by atoms with Crippen LogP contribution in [0.2, 0.25) is 0 Å². The molecule has 18 heavy (non-hydrogen) atoms. The Bertz CT molecular complexity index is 505. The summed E-state index contributed by atoms with van der Waals surface area (Å²) >= 11 is 1.73. The standard InChI is InChI=1S/C14H18N2OS/c1-3-17-12-6-4-11(5-7-12)14-10(2)18-13(16-14)8-9-15/h4-7H,3,8-9,15H2,1-2H3. The monoisotopic (exact) mass is 262 g/mol. The largest absolute Gasteiger partial charge is 0.494 e. The summed E-state index contributed by atoms with van der Waals surface area (Å²) in [6.45, 7) is 5.42. The second kappa shape index (κ2) is 5.98. The Morgan fingerprint density at radius 2 is 2.00 bits per heavy atom. The molecule has 0 aliphatic rings. The second-order valence-electron chi connectivity index (χ2n) is 4.01. The number of nitrogens with zero attached hydrogens (tertiary/aromatic N) is 1. The lowest BCUT2D eigenvalue weighted by atomic mass is 10.1. The predicted molar refractivity (Wildman–Crippen MR) is 76.2 cm³/mol. The van der Waals surface area contributed by atoms with Gasteiger partial charge in [0, 0.05) is 16.9 Å². The maximum Gasteiger partial charge on any atom is 0.119 e. The highest BCUT2D eigenvalue weighted by atomic mass is 32.1. The molecule has 0 fully saturated rings. The third-order valence-corrected chi connectivity index (χ3v) is 3.67. The molecule has 0 saturated heterocycles. The zero-order valence-corrected chi connectivity index (χ0v) is 11.6. The summed E-state index contributed by atoms with van der Waals surface area (Å²) in [5.74, 6) is 0.899. The van der Waals surface area contributed by atoms with Crippen LogP contribution in [0.5, 0.6) is 5.75 Å². The Balaban J connectivity index is 2.24. The molecule has 0 aliphatic carbocycles. The van der Waals surface area contributed by atoms with Gasteiger partial charge >= 0.3 is 0 Å². The fraction of sp³-hybridized carbons (Fsp3) is 0.357. The number of benzene rings is 1. The first-order chi connectivity index (χ1) is 8.74. The Hall–Kier alpha value is -1.39. The summed E-state index contributed by atoms with van der Waals surface area (Å²) in [7, 11) is 0.